The topological polar surface area (TPSA) is 18.5 Å². The molecule has 1 rings (SSSR count). The molecule has 0 aliphatic heterocycles. The Morgan fingerprint density at radius 1 is 0.773 bits per heavy atom. The van der Waals surface area contributed by atoms with Crippen molar-refractivity contribution in [1.29, 1.82) is 0 Å². The summed E-state index contributed by atoms with van der Waals surface area (Å²) >= 11 is 0. The van der Waals surface area contributed by atoms with Gasteiger partial charge in [-0.25, -0.2) is 0 Å². The number of rotatable bonds is 8. The van der Waals surface area contributed by atoms with Gasteiger partial charge < -0.3 is 9.47 Å². The van der Waals surface area contributed by atoms with Crippen molar-refractivity contribution in [2.24, 2.45) is 11.8 Å². The molecule has 0 aliphatic carbocycles. The lowest BCUT2D eigenvalue weighted by molar-refractivity contribution is 0.212. The molecular weight excluding hydrogens is 272 g/mol. The van der Waals surface area contributed by atoms with Crippen LogP contribution in [-0.4, -0.2) is 13.2 Å². The van der Waals surface area contributed by atoms with E-state index >= 15 is 0 Å². The van der Waals surface area contributed by atoms with Gasteiger partial charge in [-0.2, -0.15) is 0 Å². The fourth-order valence-corrected chi connectivity index (χ4v) is 1.86. The van der Waals surface area contributed by atoms with E-state index in [2.05, 4.69) is 65.8 Å². The summed E-state index contributed by atoms with van der Waals surface area (Å²) in [7, 11) is 0. The van der Waals surface area contributed by atoms with Crippen LogP contribution in [0, 0.1) is 11.8 Å². The summed E-state index contributed by atoms with van der Waals surface area (Å²) in [5, 5.41) is 0. The van der Waals surface area contributed by atoms with Crippen LogP contribution in [0.3, 0.4) is 0 Å². The molecular formula is C20H30O2. The van der Waals surface area contributed by atoms with Crippen molar-refractivity contribution in [3.8, 4) is 0 Å². The van der Waals surface area contributed by atoms with Crippen LogP contribution in [0.15, 0.2) is 36.8 Å². The highest BCUT2D eigenvalue weighted by Gasteiger charge is 2.00. The molecule has 1 aromatic carbocycles. The number of ether oxygens (including phenoxy) is 2. The molecule has 2 nitrogen and oxygen atoms in total. The lowest BCUT2D eigenvalue weighted by Gasteiger charge is -2.08. The molecule has 0 atom stereocenters. The first-order chi connectivity index (χ1) is 10.4. The molecule has 0 N–H and O–H groups in total. The summed E-state index contributed by atoms with van der Waals surface area (Å²) in [6.45, 7) is 14.2. The molecule has 0 heterocycles. The van der Waals surface area contributed by atoms with Gasteiger partial charge in [0.05, 0.1) is 25.7 Å². The third kappa shape index (κ3) is 6.84. The van der Waals surface area contributed by atoms with Gasteiger partial charge in [0.15, 0.2) is 0 Å². The molecule has 0 spiro atoms. The summed E-state index contributed by atoms with van der Waals surface area (Å²) in [4.78, 5) is 0. The highest BCUT2D eigenvalue weighted by molar-refractivity contribution is 5.68. The Labute approximate surface area is 135 Å². The molecule has 2 heteroatoms. The van der Waals surface area contributed by atoms with Crippen molar-refractivity contribution in [2.45, 2.75) is 41.5 Å². The Balaban J connectivity index is 2.65. The van der Waals surface area contributed by atoms with Gasteiger partial charge in [-0.3, -0.25) is 0 Å². The molecule has 0 fully saturated rings. The molecule has 0 aromatic heterocycles. The fourth-order valence-electron chi connectivity index (χ4n) is 1.86. The van der Waals surface area contributed by atoms with Crippen molar-refractivity contribution in [3.63, 3.8) is 0 Å². The molecule has 122 valence electrons. The van der Waals surface area contributed by atoms with E-state index in [-0.39, 0.29) is 0 Å². The Morgan fingerprint density at radius 3 is 1.36 bits per heavy atom. The first kappa shape index (κ1) is 18.3. The monoisotopic (exact) mass is 302 g/mol. The number of hydrogen-bond acceptors (Lipinski definition) is 2. The van der Waals surface area contributed by atoms with Gasteiger partial charge in [-0.1, -0.05) is 52.0 Å². The van der Waals surface area contributed by atoms with E-state index in [1.165, 1.54) is 11.1 Å². The quantitative estimate of drug-likeness (QED) is 0.569. The van der Waals surface area contributed by atoms with Crippen molar-refractivity contribution in [3.05, 3.63) is 47.9 Å². The van der Waals surface area contributed by atoms with Crippen LogP contribution in [0.4, 0.5) is 0 Å². The lowest BCUT2D eigenvalue weighted by Crippen LogP contribution is -1.97. The normalized spacial score (nSPS) is 12.9. The summed E-state index contributed by atoms with van der Waals surface area (Å²) in [6.07, 6.45) is 3.70. The van der Waals surface area contributed by atoms with E-state index < -0.39 is 0 Å². The smallest absolute Gasteiger partial charge is 0.0896 e. The third-order valence-electron chi connectivity index (χ3n) is 3.17. The third-order valence-corrected chi connectivity index (χ3v) is 3.17. The summed E-state index contributed by atoms with van der Waals surface area (Å²) < 4.78 is 11.1. The lowest BCUT2D eigenvalue weighted by atomic mass is 10.0. The number of hydrogen-bond donors (Lipinski definition) is 0. The molecule has 0 aliphatic rings. The van der Waals surface area contributed by atoms with Crippen LogP contribution >= 0.6 is 0 Å². The van der Waals surface area contributed by atoms with Crippen LogP contribution in [0.1, 0.15) is 52.7 Å². The Hall–Kier alpha value is -1.70. The first-order valence-corrected chi connectivity index (χ1v) is 8.07. The Morgan fingerprint density at radius 2 is 1.09 bits per heavy atom. The van der Waals surface area contributed by atoms with Gasteiger partial charge in [0.1, 0.15) is 0 Å². The molecule has 22 heavy (non-hydrogen) atoms. The zero-order chi connectivity index (χ0) is 16.5. The average molecular weight is 302 g/mol. The maximum Gasteiger partial charge on any atom is 0.0896 e. The second kappa shape index (κ2) is 9.34. The number of allylic oxidation sites excluding steroid dienone is 2. The second-order valence-corrected chi connectivity index (χ2v) is 6.63. The highest BCUT2D eigenvalue weighted by atomic mass is 16.5. The van der Waals surface area contributed by atoms with E-state index in [4.69, 9.17) is 9.47 Å². The minimum atomic E-state index is 0.546. The van der Waals surface area contributed by atoms with Gasteiger partial charge >= 0.3 is 0 Å². The summed E-state index contributed by atoms with van der Waals surface area (Å²) in [5.74, 6) is 1.09. The van der Waals surface area contributed by atoms with Crippen molar-refractivity contribution >= 4 is 11.1 Å². The minimum absolute atomic E-state index is 0.546. The zero-order valence-corrected chi connectivity index (χ0v) is 14.8. The Kier molecular flexibility index (Phi) is 7.79. The van der Waals surface area contributed by atoms with Gasteiger partial charge in [-0.15, -0.1) is 0 Å². The van der Waals surface area contributed by atoms with Gasteiger partial charge in [0.2, 0.25) is 0 Å². The van der Waals surface area contributed by atoms with Crippen molar-refractivity contribution in [2.75, 3.05) is 13.2 Å². The number of benzene rings is 1. The van der Waals surface area contributed by atoms with Gasteiger partial charge in [0, 0.05) is 0 Å². The van der Waals surface area contributed by atoms with E-state index in [1.807, 2.05) is 12.5 Å². The zero-order valence-electron chi connectivity index (χ0n) is 14.8. The maximum absolute atomic E-state index is 5.57. The SMILES string of the molecule is C/C(=C\OCC(C)C)c1ccc(/C(C)=C/OCC(C)C)cc1. The van der Waals surface area contributed by atoms with Crippen LogP contribution in [-0.2, 0) is 9.47 Å². The van der Waals surface area contributed by atoms with E-state index in [0.717, 1.165) is 24.4 Å². The molecule has 0 unspecified atom stereocenters. The second-order valence-electron chi connectivity index (χ2n) is 6.63. The first-order valence-electron chi connectivity index (χ1n) is 8.07. The molecule has 0 saturated heterocycles. The van der Waals surface area contributed by atoms with Gasteiger partial charge in [0.25, 0.3) is 0 Å². The molecule has 0 saturated carbocycles. The minimum Gasteiger partial charge on any atom is -0.501 e. The van der Waals surface area contributed by atoms with Gasteiger partial charge in [-0.05, 0) is 48.0 Å². The van der Waals surface area contributed by atoms with E-state index in [9.17, 15) is 0 Å². The van der Waals surface area contributed by atoms with Crippen molar-refractivity contribution in [1.82, 2.24) is 0 Å². The summed E-state index contributed by atoms with van der Waals surface area (Å²) in [6, 6.07) is 8.50. The molecule has 0 radical (unpaired) electrons. The predicted octanol–water partition coefficient (Wildman–Crippen LogP) is 5.75. The fraction of sp³-hybridized carbons (Fsp3) is 0.500. The standard InChI is InChI=1S/C20H30O2/c1-15(2)11-21-13-17(5)19-7-9-20(10-8-19)18(6)14-22-12-16(3)4/h7-10,13-16H,11-12H2,1-6H3/b17-13+,18-14+. The van der Waals surface area contributed by atoms with Crippen LogP contribution < -0.4 is 0 Å². The maximum atomic E-state index is 5.57. The van der Waals surface area contributed by atoms with E-state index in [1.54, 1.807) is 0 Å². The van der Waals surface area contributed by atoms with Crippen molar-refractivity contribution < 1.29 is 9.47 Å². The molecule has 1 aromatic rings. The predicted molar refractivity (Wildman–Crippen MR) is 95.3 cm³/mol. The molecule has 0 amide bonds. The van der Waals surface area contributed by atoms with Crippen LogP contribution in [0.5, 0.6) is 0 Å². The highest BCUT2D eigenvalue weighted by Crippen LogP contribution is 2.19. The largest absolute Gasteiger partial charge is 0.501 e. The Bertz CT molecular complexity index is 446. The van der Waals surface area contributed by atoms with Crippen LogP contribution in [0.25, 0.3) is 11.1 Å². The van der Waals surface area contributed by atoms with E-state index in [0.29, 0.717) is 11.8 Å². The molecule has 0 bridgehead atoms. The average Bonchev–Trinajstić information content (AvgIpc) is 2.46. The summed E-state index contributed by atoms with van der Waals surface area (Å²) in [5.41, 5.74) is 4.65. The van der Waals surface area contributed by atoms with Crippen LogP contribution in [0.2, 0.25) is 0 Å².